The number of benzene rings is 1. The fourth-order valence-corrected chi connectivity index (χ4v) is 3.52. The van der Waals surface area contributed by atoms with Crippen molar-refractivity contribution in [3.8, 4) is 11.5 Å². The Morgan fingerprint density at radius 1 is 1.14 bits per heavy atom. The van der Waals surface area contributed by atoms with Crippen LogP contribution >= 0.6 is 0 Å². The molecule has 28 heavy (non-hydrogen) atoms. The standard InChI is InChI=1S/C22H37N3O3/c1-7-23-21(25-13-11-18(12-14-25)28-8-2)24-16-22(3,4)17-9-10-19(26-5)20(15-17)27-6/h9-10,15,18H,7-8,11-14,16H2,1-6H3,(H,23,24). The van der Waals surface area contributed by atoms with Crippen LogP contribution in [0.1, 0.15) is 46.1 Å². The van der Waals surface area contributed by atoms with Crippen molar-refractivity contribution < 1.29 is 14.2 Å². The Morgan fingerprint density at radius 3 is 2.39 bits per heavy atom. The highest BCUT2D eigenvalue weighted by Gasteiger charge is 2.25. The number of methoxy groups -OCH3 is 2. The van der Waals surface area contributed by atoms with Gasteiger partial charge in [0.1, 0.15) is 0 Å². The van der Waals surface area contributed by atoms with Gasteiger partial charge in [-0.15, -0.1) is 0 Å². The van der Waals surface area contributed by atoms with Gasteiger partial charge in [0.15, 0.2) is 17.5 Å². The van der Waals surface area contributed by atoms with Gasteiger partial charge in [0.2, 0.25) is 0 Å². The lowest BCUT2D eigenvalue weighted by Crippen LogP contribution is -2.47. The molecule has 0 bridgehead atoms. The molecule has 1 aromatic rings. The summed E-state index contributed by atoms with van der Waals surface area (Å²) in [5.41, 5.74) is 1.06. The zero-order chi connectivity index (χ0) is 20.6. The second-order valence-corrected chi connectivity index (χ2v) is 7.77. The summed E-state index contributed by atoms with van der Waals surface area (Å²) in [5, 5.41) is 3.45. The Hall–Kier alpha value is -1.95. The number of nitrogens with zero attached hydrogens (tertiary/aromatic N) is 2. The zero-order valence-electron chi connectivity index (χ0n) is 18.4. The van der Waals surface area contributed by atoms with Gasteiger partial charge in [0, 0.05) is 31.7 Å². The van der Waals surface area contributed by atoms with Crippen molar-refractivity contribution in [2.75, 3.05) is 47.0 Å². The molecule has 1 saturated heterocycles. The van der Waals surface area contributed by atoms with Gasteiger partial charge < -0.3 is 24.4 Å². The average Bonchev–Trinajstić information content (AvgIpc) is 2.71. The molecule has 2 rings (SSSR count). The molecular formula is C22H37N3O3. The number of hydrogen-bond acceptors (Lipinski definition) is 4. The van der Waals surface area contributed by atoms with Gasteiger partial charge in [-0.2, -0.15) is 0 Å². The first kappa shape index (κ1) is 22.3. The van der Waals surface area contributed by atoms with E-state index in [9.17, 15) is 0 Å². The molecule has 1 aliphatic rings. The zero-order valence-corrected chi connectivity index (χ0v) is 18.4. The number of ether oxygens (including phenoxy) is 3. The van der Waals surface area contributed by atoms with Crippen LogP contribution in [0.15, 0.2) is 23.2 Å². The molecule has 6 heteroatoms. The third-order valence-electron chi connectivity index (χ3n) is 5.27. The van der Waals surface area contributed by atoms with Crippen LogP contribution in [0.25, 0.3) is 0 Å². The van der Waals surface area contributed by atoms with Crippen LogP contribution in [0.5, 0.6) is 11.5 Å². The molecule has 6 nitrogen and oxygen atoms in total. The maximum atomic E-state index is 5.77. The Balaban J connectivity index is 2.10. The molecule has 1 aromatic carbocycles. The summed E-state index contributed by atoms with van der Waals surface area (Å²) in [6.07, 6.45) is 2.49. The van der Waals surface area contributed by atoms with Crippen molar-refractivity contribution in [3.63, 3.8) is 0 Å². The fourth-order valence-electron chi connectivity index (χ4n) is 3.52. The number of aliphatic imine (C=N–C) groups is 1. The lowest BCUT2D eigenvalue weighted by atomic mass is 9.84. The minimum absolute atomic E-state index is 0.121. The van der Waals surface area contributed by atoms with Crippen LogP contribution < -0.4 is 14.8 Å². The van der Waals surface area contributed by atoms with Crippen LogP contribution in [-0.4, -0.2) is 64.0 Å². The molecule has 1 fully saturated rings. The topological polar surface area (TPSA) is 55.3 Å². The highest BCUT2D eigenvalue weighted by molar-refractivity contribution is 5.80. The van der Waals surface area contributed by atoms with E-state index in [0.717, 1.165) is 56.5 Å². The first-order valence-corrected chi connectivity index (χ1v) is 10.3. The molecule has 1 aliphatic heterocycles. The smallest absolute Gasteiger partial charge is 0.193 e. The van der Waals surface area contributed by atoms with E-state index in [4.69, 9.17) is 19.2 Å². The quantitative estimate of drug-likeness (QED) is 0.543. The fraction of sp³-hybridized carbons (Fsp3) is 0.682. The van der Waals surface area contributed by atoms with Gasteiger partial charge in [-0.1, -0.05) is 19.9 Å². The molecule has 0 saturated carbocycles. The van der Waals surface area contributed by atoms with E-state index in [0.29, 0.717) is 12.6 Å². The van der Waals surface area contributed by atoms with Crippen molar-refractivity contribution >= 4 is 5.96 Å². The molecule has 0 aliphatic carbocycles. The third-order valence-corrected chi connectivity index (χ3v) is 5.27. The summed E-state index contributed by atoms with van der Waals surface area (Å²) >= 11 is 0. The number of nitrogens with one attached hydrogen (secondary N) is 1. The monoisotopic (exact) mass is 391 g/mol. The SMILES string of the molecule is CCNC(=NCC(C)(C)c1ccc(OC)c(OC)c1)N1CCC(OCC)CC1. The minimum Gasteiger partial charge on any atom is -0.493 e. The van der Waals surface area contributed by atoms with Crippen molar-refractivity contribution in [1.82, 2.24) is 10.2 Å². The van der Waals surface area contributed by atoms with Gasteiger partial charge in [-0.05, 0) is 44.4 Å². The summed E-state index contributed by atoms with van der Waals surface area (Å²) in [6, 6.07) is 6.11. The number of likely N-dealkylation sites (tertiary alicyclic amines) is 1. The highest BCUT2D eigenvalue weighted by Crippen LogP contribution is 2.33. The van der Waals surface area contributed by atoms with Gasteiger partial charge in [-0.25, -0.2) is 0 Å². The molecule has 158 valence electrons. The first-order valence-electron chi connectivity index (χ1n) is 10.3. The summed E-state index contributed by atoms with van der Waals surface area (Å²) in [6.45, 7) is 12.9. The molecular weight excluding hydrogens is 354 g/mol. The highest BCUT2D eigenvalue weighted by atomic mass is 16.5. The molecule has 0 atom stereocenters. The molecule has 0 aromatic heterocycles. The lowest BCUT2D eigenvalue weighted by Gasteiger charge is -2.34. The van der Waals surface area contributed by atoms with Crippen LogP contribution in [0.2, 0.25) is 0 Å². The first-order chi connectivity index (χ1) is 13.4. The van der Waals surface area contributed by atoms with Crippen LogP contribution in [-0.2, 0) is 10.2 Å². The van der Waals surface area contributed by atoms with E-state index in [-0.39, 0.29) is 5.41 Å². The van der Waals surface area contributed by atoms with E-state index in [1.54, 1.807) is 14.2 Å². The van der Waals surface area contributed by atoms with Gasteiger partial charge in [-0.3, -0.25) is 4.99 Å². The average molecular weight is 392 g/mol. The largest absolute Gasteiger partial charge is 0.493 e. The van der Waals surface area contributed by atoms with Crippen molar-refractivity contribution in [2.24, 2.45) is 4.99 Å². The third kappa shape index (κ3) is 5.77. The Labute approximate surface area is 170 Å². The van der Waals surface area contributed by atoms with E-state index in [1.807, 2.05) is 6.07 Å². The predicted octanol–water partition coefficient (Wildman–Crippen LogP) is 3.45. The van der Waals surface area contributed by atoms with Crippen LogP contribution in [0.4, 0.5) is 0 Å². The summed E-state index contributed by atoms with van der Waals surface area (Å²) < 4.78 is 16.6. The summed E-state index contributed by atoms with van der Waals surface area (Å²) in [4.78, 5) is 7.32. The summed E-state index contributed by atoms with van der Waals surface area (Å²) in [7, 11) is 3.33. The van der Waals surface area contributed by atoms with Crippen molar-refractivity contribution in [3.05, 3.63) is 23.8 Å². The Bertz CT molecular complexity index is 638. The number of guanidine groups is 1. The van der Waals surface area contributed by atoms with Crippen molar-refractivity contribution in [2.45, 2.75) is 52.1 Å². The maximum absolute atomic E-state index is 5.77. The summed E-state index contributed by atoms with van der Waals surface area (Å²) in [5.74, 6) is 2.49. The number of piperidine rings is 1. The van der Waals surface area contributed by atoms with Crippen LogP contribution in [0.3, 0.4) is 0 Å². The lowest BCUT2D eigenvalue weighted by molar-refractivity contribution is 0.0263. The normalized spacial score (nSPS) is 16.2. The van der Waals surface area contributed by atoms with E-state index in [1.165, 1.54) is 5.56 Å². The van der Waals surface area contributed by atoms with Crippen molar-refractivity contribution in [1.29, 1.82) is 0 Å². The Morgan fingerprint density at radius 2 is 1.82 bits per heavy atom. The van der Waals surface area contributed by atoms with Gasteiger partial charge in [0.05, 0.1) is 26.9 Å². The molecule has 1 N–H and O–H groups in total. The second-order valence-electron chi connectivity index (χ2n) is 7.77. The molecule has 0 unspecified atom stereocenters. The van der Waals surface area contributed by atoms with Gasteiger partial charge in [0.25, 0.3) is 0 Å². The predicted molar refractivity (Wildman–Crippen MR) is 115 cm³/mol. The second kappa shape index (κ2) is 10.6. The van der Waals surface area contributed by atoms with E-state index < -0.39 is 0 Å². The number of rotatable bonds is 8. The van der Waals surface area contributed by atoms with Crippen LogP contribution in [0, 0.1) is 0 Å². The molecule has 1 heterocycles. The van der Waals surface area contributed by atoms with Gasteiger partial charge >= 0.3 is 0 Å². The number of hydrogen-bond donors (Lipinski definition) is 1. The molecule has 0 spiro atoms. The minimum atomic E-state index is -0.121. The maximum Gasteiger partial charge on any atom is 0.193 e. The van der Waals surface area contributed by atoms with E-state index >= 15 is 0 Å². The van der Waals surface area contributed by atoms with E-state index in [2.05, 4.69) is 50.0 Å². The molecule has 0 radical (unpaired) electrons. The molecule has 0 amide bonds. The Kier molecular flexibility index (Phi) is 8.42.